The van der Waals surface area contributed by atoms with Gasteiger partial charge in [0.25, 0.3) is 5.91 Å². The van der Waals surface area contributed by atoms with Crippen LogP contribution in [0.15, 0.2) is 29.8 Å². The second-order valence-corrected chi connectivity index (χ2v) is 9.43. The summed E-state index contributed by atoms with van der Waals surface area (Å²) < 4.78 is 30.8. The third kappa shape index (κ3) is 3.72. The Morgan fingerprint density at radius 3 is 2.93 bits per heavy atom. The molecule has 0 bridgehead atoms. The van der Waals surface area contributed by atoms with Crippen molar-refractivity contribution in [3.63, 3.8) is 0 Å². The van der Waals surface area contributed by atoms with Gasteiger partial charge in [-0.3, -0.25) is 4.79 Å². The predicted molar refractivity (Wildman–Crippen MR) is 103 cm³/mol. The molecule has 2 aliphatic rings. The fourth-order valence-corrected chi connectivity index (χ4v) is 5.21. The van der Waals surface area contributed by atoms with Crippen molar-refractivity contribution in [2.24, 2.45) is 0 Å². The van der Waals surface area contributed by atoms with E-state index in [2.05, 4.69) is 10.4 Å². The average molecular weight is 408 g/mol. The van der Waals surface area contributed by atoms with E-state index < -0.39 is 9.84 Å². The van der Waals surface area contributed by atoms with E-state index in [9.17, 15) is 13.2 Å². The van der Waals surface area contributed by atoms with Gasteiger partial charge in [-0.15, -0.1) is 0 Å². The fourth-order valence-electron chi connectivity index (χ4n) is 3.33. The number of anilines is 1. The largest absolute Gasteiger partial charge is 0.488 e. The van der Waals surface area contributed by atoms with Crippen LogP contribution in [0.2, 0.25) is 5.02 Å². The number of carbonyl (C=O) groups excluding carboxylic acids is 1. The van der Waals surface area contributed by atoms with Crippen molar-refractivity contribution in [3.05, 3.63) is 46.1 Å². The van der Waals surface area contributed by atoms with Gasteiger partial charge in [0.2, 0.25) is 0 Å². The molecule has 0 aliphatic carbocycles. The zero-order valence-corrected chi connectivity index (χ0v) is 16.2. The smallest absolute Gasteiger partial charge is 0.256 e. The Kier molecular flexibility index (Phi) is 4.47. The number of benzene rings is 1. The Balaban J connectivity index is 1.57. The third-order valence-corrected chi connectivity index (χ3v) is 6.62. The number of carbonyl (C=O) groups is 1. The van der Waals surface area contributed by atoms with E-state index in [4.69, 9.17) is 16.3 Å². The number of amides is 1. The average Bonchev–Trinajstić information content (AvgIpc) is 3.15. The van der Waals surface area contributed by atoms with Crippen LogP contribution in [0.4, 0.5) is 5.82 Å². The maximum absolute atomic E-state index is 12.7. The Hall–Kier alpha value is -2.32. The van der Waals surface area contributed by atoms with Crippen molar-refractivity contribution in [2.45, 2.75) is 19.4 Å². The monoisotopic (exact) mass is 407 g/mol. The zero-order chi connectivity index (χ0) is 19.2. The summed E-state index contributed by atoms with van der Waals surface area (Å²) in [5, 5.41) is 7.77. The minimum absolute atomic E-state index is 0.0364. The fraction of sp³-hybridized carbons (Fsp3) is 0.333. The number of nitrogens with zero attached hydrogens (tertiary/aromatic N) is 2. The van der Waals surface area contributed by atoms with E-state index in [0.717, 1.165) is 5.56 Å². The van der Waals surface area contributed by atoms with E-state index in [1.54, 1.807) is 41.9 Å². The number of sulfone groups is 1. The first-order chi connectivity index (χ1) is 12.8. The Morgan fingerprint density at radius 1 is 1.37 bits per heavy atom. The molecule has 1 saturated heterocycles. The topological polar surface area (TPSA) is 90.3 Å². The molecule has 3 heterocycles. The maximum Gasteiger partial charge on any atom is 0.256 e. The van der Waals surface area contributed by atoms with E-state index in [1.807, 2.05) is 0 Å². The standard InChI is InChI=1S/C18H18ClN3O4S/c1-11-6-17(22(21-11)15-4-5-27(24,25)10-15)20-18(23)13-7-12-8-14(19)2-3-16(12)26-9-13/h2-3,6-8,15H,4-5,9-10H2,1H3,(H,20,23). The molecule has 1 aromatic heterocycles. The second kappa shape index (κ2) is 6.69. The van der Waals surface area contributed by atoms with E-state index in [0.29, 0.717) is 34.3 Å². The molecule has 142 valence electrons. The molecule has 0 saturated carbocycles. The minimum atomic E-state index is -3.06. The predicted octanol–water partition coefficient (Wildman–Crippen LogP) is 2.62. The van der Waals surface area contributed by atoms with Gasteiger partial charge < -0.3 is 10.1 Å². The number of hydrogen-bond acceptors (Lipinski definition) is 5. The first-order valence-corrected chi connectivity index (χ1v) is 10.7. The molecule has 9 heteroatoms. The zero-order valence-electron chi connectivity index (χ0n) is 14.6. The molecule has 1 N–H and O–H groups in total. The van der Waals surface area contributed by atoms with Gasteiger partial charge in [-0.1, -0.05) is 11.6 Å². The summed E-state index contributed by atoms with van der Waals surface area (Å²) in [4.78, 5) is 12.7. The molecule has 1 aromatic carbocycles. The Bertz CT molecular complexity index is 1060. The number of halogens is 1. The van der Waals surface area contributed by atoms with Gasteiger partial charge >= 0.3 is 0 Å². The van der Waals surface area contributed by atoms with Crippen molar-refractivity contribution in [1.82, 2.24) is 9.78 Å². The summed E-state index contributed by atoms with van der Waals surface area (Å²) in [6.07, 6.45) is 2.23. The lowest BCUT2D eigenvalue weighted by Gasteiger charge is -2.19. The summed E-state index contributed by atoms with van der Waals surface area (Å²) in [5.41, 5.74) is 1.90. The number of nitrogens with one attached hydrogen (secondary N) is 1. The number of aromatic nitrogens is 2. The van der Waals surface area contributed by atoms with Crippen LogP contribution in [0.3, 0.4) is 0 Å². The Labute approximate surface area is 161 Å². The number of aryl methyl sites for hydroxylation is 1. The molecular formula is C18H18ClN3O4S. The van der Waals surface area contributed by atoms with Crippen LogP contribution in [0.1, 0.15) is 23.7 Å². The van der Waals surface area contributed by atoms with Gasteiger partial charge in [-0.2, -0.15) is 5.10 Å². The van der Waals surface area contributed by atoms with Gasteiger partial charge in [0.05, 0.1) is 28.8 Å². The van der Waals surface area contributed by atoms with Gasteiger partial charge in [0.1, 0.15) is 18.2 Å². The SMILES string of the molecule is Cc1cc(NC(=O)C2=Cc3cc(Cl)ccc3OC2)n(C2CCS(=O)(=O)C2)n1. The van der Waals surface area contributed by atoms with Gasteiger partial charge in [0, 0.05) is 16.7 Å². The highest BCUT2D eigenvalue weighted by molar-refractivity contribution is 7.91. The van der Waals surface area contributed by atoms with Crippen LogP contribution in [0, 0.1) is 6.92 Å². The number of rotatable bonds is 3. The third-order valence-electron chi connectivity index (χ3n) is 4.63. The maximum atomic E-state index is 12.7. The lowest BCUT2D eigenvalue weighted by Crippen LogP contribution is -2.24. The van der Waals surface area contributed by atoms with Gasteiger partial charge in [-0.25, -0.2) is 13.1 Å². The molecule has 2 aliphatic heterocycles. The number of hydrogen-bond donors (Lipinski definition) is 1. The molecule has 1 atom stereocenters. The molecule has 1 amide bonds. The lowest BCUT2D eigenvalue weighted by atomic mass is 10.1. The first-order valence-electron chi connectivity index (χ1n) is 8.51. The molecule has 0 spiro atoms. The summed E-state index contributed by atoms with van der Waals surface area (Å²) in [5.74, 6) is 1.02. The van der Waals surface area contributed by atoms with Gasteiger partial charge in [0.15, 0.2) is 9.84 Å². The molecule has 0 radical (unpaired) electrons. The van der Waals surface area contributed by atoms with E-state index in [-0.39, 0.29) is 30.1 Å². The number of fused-ring (bicyclic) bond motifs is 1. The second-order valence-electron chi connectivity index (χ2n) is 6.77. The lowest BCUT2D eigenvalue weighted by molar-refractivity contribution is -0.113. The first kappa shape index (κ1) is 18.1. The van der Waals surface area contributed by atoms with Crippen molar-refractivity contribution in [1.29, 1.82) is 0 Å². The van der Waals surface area contributed by atoms with Crippen LogP contribution in [-0.4, -0.2) is 42.2 Å². The van der Waals surface area contributed by atoms with Crippen LogP contribution >= 0.6 is 11.6 Å². The van der Waals surface area contributed by atoms with E-state index >= 15 is 0 Å². The molecule has 2 aromatic rings. The van der Waals surface area contributed by atoms with Crippen LogP contribution in [0.5, 0.6) is 5.75 Å². The number of ether oxygens (including phenoxy) is 1. The normalized spacial score (nSPS) is 20.5. The highest BCUT2D eigenvalue weighted by Crippen LogP contribution is 2.30. The van der Waals surface area contributed by atoms with Crippen molar-refractivity contribution in [2.75, 3.05) is 23.4 Å². The van der Waals surface area contributed by atoms with Crippen molar-refractivity contribution < 1.29 is 17.9 Å². The molecule has 1 unspecified atom stereocenters. The van der Waals surface area contributed by atoms with Gasteiger partial charge in [-0.05, 0) is 37.6 Å². The molecule has 4 rings (SSSR count). The molecule has 7 nitrogen and oxygen atoms in total. The highest BCUT2D eigenvalue weighted by atomic mass is 35.5. The summed E-state index contributed by atoms with van der Waals surface area (Å²) >= 11 is 6.01. The summed E-state index contributed by atoms with van der Waals surface area (Å²) in [7, 11) is -3.06. The van der Waals surface area contributed by atoms with E-state index in [1.165, 1.54) is 0 Å². The quantitative estimate of drug-likeness (QED) is 0.844. The Morgan fingerprint density at radius 2 is 2.19 bits per heavy atom. The molecular weight excluding hydrogens is 390 g/mol. The van der Waals surface area contributed by atoms with Crippen LogP contribution in [-0.2, 0) is 14.6 Å². The van der Waals surface area contributed by atoms with Crippen molar-refractivity contribution >= 4 is 39.2 Å². The summed E-state index contributed by atoms with van der Waals surface area (Å²) in [6, 6.07) is 6.70. The molecule has 1 fully saturated rings. The van der Waals surface area contributed by atoms with Crippen LogP contribution < -0.4 is 10.1 Å². The highest BCUT2D eigenvalue weighted by Gasteiger charge is 2.31. The minimum Gasteiger partial charge on any atom is -0.488 e. The molecule has 27 heavy (non-hydrogen) atoms. The van der Waals surface area contributed by atoms with Crippen molar-refractivity contribution in [3.8, 4) is 5.75 Å². The van der Waals surface area contributed by atoms with Crippen LogP contribution in [0.25, 0.3) is 6.08 Å². The summed E-state index contributed by atoms with van der Waals surface area (Å²) in [6.45, 7) is 1.95.